The quantitative estimate of drug-likeness (QED) is 0.609. The Bertz CT molecular complexity index is 829. The Balaban J connectivity index is 1.72. The predicted molar refractivity (Wildman–Crippen MR) is 103 cm³/mol. The summed E-state index contributed by atoms with van der Waals surface area (Å²) in [6.45, 7) is 0.863. The summed E-state index contributed by atoms with van der Waals surface area (Å²) in [5.74, 6) is 0.219. The molecule has 4 rings (SSSR count). The Morgan fingerprint density at radius 2 is 1.42 bits per heavy atom. The Morgan fingerprint density at radius 3 is 2.08 bits per heavy atom. The molecule has 1 saturated heterocycles. The molecule has 0 N–H and O–H groups in total. The van der Waals surface area contributed by atoms with E-state index in [1.165, 1.54) is 11.1 Å². The number of halogens is 1. The van der Waals surface area contributed by atoms with Gasteiger partial charge in [0.1, 0.15) is 5.82 Å². The number of hydrogen-bond acceptors (Lipinski definition) is 0. The third-order valence-electron chi connectivity index (χ3n) is 5.53. The van der Waals surface area contributed by atoms with E-state index >= 15 is 0 Å². The van der Waals surface area contributed by atoms with Gasteiger partial charge in [-0.25, -0.2) is 9.71 Å². The zero-order valence-corrected chi connectivity index (χ0v) is 14.8. The van der Waals surface area contributed by atoms with Crippen molar-refractivity contribution in [3.05, 3.63) is 107 Å². The molecule has 1 nitrogen and oxygen atoms in total. The van der Waals surface area contributed by atoms with E-state index in [4.69, 9.17) is 5.32 Å². The van der Waals surface area contributed by atoms with Gasteiger partial charge in [-0.1, -0.05) is 72.8 Å². The topological polar surface area (TPSA) is 14.1 Å². The lowest BCUT2D eigenvalue weighted by Crippen LogP contribution is -2.41. The number of benzene rings is 3. The van der Waals surface area contributed by atoms with Crippen LogP contribution in [0.25, 0.3) is 0 Å². The van der Waals surface area contributed by atoms with Crippen LogP contribution in [-0.4, -0.2) is 6.54 Å². The monoisotopic (exact) mass is 344 g/mol. The van der Waals surface area contributed by atoms with Crippen LogP contribution in [-0.2, 0) is 18.4 Å². The van der Waals surface area contributed by atoms with E-state index in [2.05, 4.69) is 54.6 Å². The second-order valence-corrected chi connectivity index (χ2v) is 7.15. The standard InChI is InChI=1S/C24H23FN/c25-23-13-11-21(12-14-23)24(18-20-9-5-2-6-10-20)22(15-16-26-24)17-19-7-3-1-4-8-19/h1-14,22H,15-18H2. The predicted octanol–water partition coefficient (Wildman–Crippen LogP) is 5.13. The highest BCUT2D eigenvalue weighted by Gasteiger charge is 2.45. The summed E-state index contributed by atoms with van der Waals surface area (Å²) in [6, 6.07) is 28.1. The molecular formula is C24H23FN. The number of hydrogen-bond donors (Lipinski definition) is 0. The fourth-order valence-corrected chi connectivity index (χ4v) is 4.23. The first-order valence-electron chi connectivity index (χ1n) is 9.29. The van der Waals surface area contributed by atoms with E-state index in [1.54, 1.807) is 12.1 Å². The maximum Gasteiger partial charge on any atom is 0.123 e. The van der Waals surface area contributed by atoms with Crippen LogP contribution in [0.3, 0.4) is 0 Å². The molecule has 2 atom stereocenters. The second kappa shape index (κ2) is 7.43. The van der Waals surface area contributed by atoms with Crippen molar-refractivity contribution in [2.45, 2.75) is 24.8 Å². The van der Waals surface area contributed by atoms with Crippen LogP contribution < -0.4 is 5.32 Å². The van der Waals surface area contributed by atoms with Crippen LogP contribution in [0.4, 0.5) is 4.39 Å². The lowest BCUT2D eigenvalue weighted by Gasteiger charge is -2.36. The van der Waals surface area contributed by atoms with Crippen molar-refractivity contribution in [3.8, 4) is 0 Å². The molecule has 1 fully saturated rings. The molecule has 2 unspecified atom stereocenters. The average Bonchev–Trinajstić information content (AvgIpc) is 3.07. The molecule has 0 saturated carbocycles. The van der Waals surface area contributed by atoms with Crippen LogP contribution in [0.5, 0.6) is 0 Å². The lowest BCUT2D eigenvalue weighted by molar-refractivity contribution is 0.272. The van der Waals surface area contributed by atoms with Gasteiger partial charge in [0.05, 0.1) is 5.54 Å². The van der Waals surface area contributed by atoms with E-state index in [0.29, 0.717) is 5.92 Å². The number of rotatable bonds is 5. The zero-order chi connectivity index (χ0) is 17.8. The van der Waals surface area contributed by atoms with Crippen LogP contribution in [0.2, 0.25) is 0 Å². The van der Waals surface area contributed by atoms with Gasteiger partial charge in [0.2, 0.25) is 0 Å². The molecule has 0 aliphatic carbocycles. The normalized spacial score (nSPS) is 22.4. The Hall–Kier alpha value is -2.45. The van der Waals surface area contributed by atoms with E-state index in [9.17, 15) is 4.39 Å². The molecule has 0 spiro atoms. The van der Waals surface area contributed by atoms with Gasteiger partial charge in [-0.15, -0.1) is 0 Å². The van der Waals surface area contributed by atoms with Gasteiger partial charge in [0.15, 0.2) is 0 Å². The average molecular weight is 344 g/mol. The van der Waals surface area contributed by atoms with Crippen molar-refractivity contribution >= 4 is 0 Å². The van der Waals surface area contributed by atoms with E-state index in [-0.39, 0.29) is 11.4 Å². The van der Waals surface area contributed by atoms with Crippen molar-refractivity contribution in [2.75, 3.05) is 6.54 Å². The van der Waals surface area contributed by atoms with E-state index in [0.717, 1.165) is 31.4 Å². The fraction of sp³-hybridized carbons (Fsp3) is 0.250. The largest absolute Gasteiger partial charge is 0.230 e. The second-order valence-electron chi connectivity index (χ2n) is 7.15. The maximum absolute atomic E-state index is 13.5. The molecule has 1 aliphatic heterocycles. The molecule has 0 aromatic heterocycles. The molecule has 3 aromatic rings. The minimum atomic E-state index is -0.287. The molecular weight excluding hydrogens is 321 g/mol. The SMILES string of the molecule is Fc1ccc(C2(Cc3ccccc3)[N]CCC2Cc2ccccc2)cc1. The van der Waals surface area contributed by atoms with Gasteiger partial charge in [0.25, 0.3) is 0 Å². The van der Waals surface area contributed by atoms with Crippen molar-refractivity contribution in [3.63, 3.8) is 0 Å². The summed E-state index contributed by atoms with van der Waals surface area (Å²) in [5.41, 5.74) is 3.46. The van der Waals surface area contributed by atoms with Gasteiger partial charge in [-0.05, 0) is 54.0 Å². The molecule has 2 heteroatoms. The molecule has 1 aliphatic rings. The Kier molecular flexibility index (Phi) is 4.85. The third kappa shape index (κ3) is 3.42. The molecule has 26 heavy (non-hydrogen) atoms. The van der Waals surface area contributed by atoms with Gasteiger partial charge < -0.3 is 0 Å². The lowest BCUT2D eigenvalue weighted by atomic mass is 9.73. The summed E-state index contributed by atoms with van der Waals surface area (Å²) in [5, 5.41) is 5.12. The maximum atomic E-state index is 13.5. The summed E-state index contributed by atoms with van der Waals surface area (Å²) in [4.78, 5) is 0. The fourth-order valence-electron chi connectivity index (χ4n) is 4.23. The number of nitrogens with zero attached hydrogens (tertiary/aromatic N) is 1. The first-order valence-corrected chi connectivity index (χ1v) is 9.29. The first-order chi connectivity index (χ1) is 12.8. The molecule has 131 valence electrons. The van der Waals surface area contributed by atoms with Crippen molar-refractivity contribution in [2.24, 2.45) is 5.92 Å². The smallest absolute Gasteiger partial charge is 0.123 e. The first kappa shape index (κ1) is 17.0. The molecule has 1 radical (unpaired) electrons. The van der Waals surface area contributed by atoms with E-state index in [1.807, 2.05) is 18.2 Å². The van der Waals surface area contributed by atoms with Crippen LogP contribution >= 0.6 is 0 Å². The third-order valence-corrected chi connectivity index (χ3v) is 5.53. The molecule has 1 heterocycles. The van der Waals surface area contributed by atoms with Crippen LogP contribution in [0, 0.1) is 11.7 Å². The molecule has 0 amide bonds. The summed E-state index contributed by atoms with van der Waals surface area (Å²) < 4.78 is 13.5. The van der Waals surface area contributed by atoms with Crippen molar-refractivity contribution in [1.82, 2.24) is 5.32 Å². The minimum Gasteiger partial charge on any atom is -0.230 e. The summed E-state index contributed by atoms with van der Waals surface area (Å²) in [7, 11) is 0. The van der Waals surface area contributed by atoms with Crippen molar-refractivity contribution in [1.29, 1.82) is 0 Å². The molecule has 3 aromatic carbocycles. The van der Waals surface area contributed by atoms with Gasteiger partial charge in [-0.2, -0.15) is 0 Å². The summed E-state index contributed by atoms with van der Waals surface area (Å²) in [6.07, 6.45) is 2.92. The minimum absolute atomic E-state index is 0.193. The van der Waals surface area contributed by atoms with Gasteiger partial charge >= 0.3 is 0 Å². The molecule has 0 bridgehead atoms. The van der Waals surface area contributed by atoms with E-state index < -0.39 is 0 Å². The Labute approximate surface area is 154 Å². The highest BCUT2D eigenvalue weighted by Crippen LogP contribution is 2.42. The van der Waals surface area contributed by atoms with Crippen molar-refractivity contribution < 1.29 is 4.39 Å². The highest BCUT2D eigenvalue weighted by atomic mass is 19.1. The highest BCUT2D eigenvalue weighted by molar-refractivity contribution is 5.33. The zero-order valence-electron chi connectivity index (χ0n) is 14.8. The Morgan fingerprint density at radius 1 is 0.808 bits per heavy atom. The van der Waals surface area contributed by atoms with Crippen LogP contribution in [0.15, 0.2) is 84.9 Å². The van der Waals surface area contributed by atoms with Gasteiger partial charge in [-0.3, -0.25) is 0 Å². The summed E-state index contributed by atoms with van der Waals surface area (Å²) >= 11 is 0. The van der Waals surface area contributed by atoms with Crippen LogP contribution in [0.1, 0.15) is 23.1 Å². The van der Waals surface area contributed by atoms with Gasteiger partial charge in [0, 0.05) is 6.54 Å².